The number of amides is 9. The van der Waals surface area contributed by atoms with E-state index in [0.29, 0.717) is 12.8 Å². The molecule has 0 aliphatic carbocycles. The van der Waals surface area contributed by atoms with E-state index in [2.05, 4.69) is 55.2 Å². The second-order valence-electron chi connectivity index (χ2n) is 11.8. The summed E-state index contributed by atoms with van der Waals surface area (Å²) >= 11 is 3.93. The van der Waals surface area contributed by atoms with E-state index in [1.165, 1.54) is 11.8 Å². The van der Waals surface area contributed by atoms with Crippen LogP contribution in [-0.4, -0.2) is 145 Å². The van der Waals surface area contributed by atoms with Crippen LogP contribution < -0.4 is 48.3 Å². The summed E-state index contributed by atoms with van der Waals surface area (Å²) < 4.78 is 0. The quantitative estimate of drug-likeness (QED) is 0.0490. The Balaban J connectivity index is 2.57. The van der Waals surface area contributed by atoms with Gasteiger partial charge in [0.25, 0.3) is 0 Å². The summed E-state index contributed by atoms with van der Waals surface area (Å²) in [7, 11) is 0. The number of nitrogens with one attached hydrogen (secondary N) is 8. The Kier molecular flexibility index (Phi) is 19.6. The van der Waals surface area contributed by atoms with E-state index in [1.54, 1.807) is 0 Å². The van der Waals surface area contributed by atoms with Crippen LogP contribution in [0.1, 0.15) is 40.0 Å². The van der Waals surface area contributed by atoms with Gasteiger partial charge in [-0.05, 0) is 32.1 Å². The van der Waals surface area contributed by atoms with Gasteiger partial charge in [0.05, 0.1) is 32.7 Å². The van der Waals surface area contributed by atoms with Crippen molar-refractivity contribution in [2.75, 3.05) is 51.6 Å². The van der Waals surface area contributed by atoms with Gasteiger partial charge >= 0.3 is 5.97 Å². The third kappa shape index (κ3) is 17.0. The first-order valence-electron chi connectivity index (χ1n) is 16.1. The van der Waals surface area contributed by atoms with Crippen LogP contribution in [0.4, 0.5) is 0 Å². The summed E-state index contributed by atoms with van der Waals surface area (Å²) in [5.74, 6) is -7.49. The fourth-order valence-electron chi connectivity index (χ4n) is 4.59. The van der Waals surface area contributed by atoms with Crippen LogP contribution in [0, 0.1) is 5.92 Å². The number of carbonyl (C=O) groups excluding carboxylic acids is 9. The van der Waals surface area contributed by atoms with Gasteiger partial charge in [0.2, 0.25) is 53.2 Å². The topological polar surface area (TPSA) is 316 Å². The number of carboxylic acids is 1. The molecule has 0 saturated carbocycles. The number of rotatable bonds is 21. The summed E-state index contributed by atoms with van der Waals surface area (Å²) in [6.07, 6.45) is 1.02. The highest BCUT2D eigenvalue weighted by Gasteiger charge is 2.35. The predicted octanol–water partition coefficient (Wildman–Crippen LogP) is -5.95. The van der Waals surface area contributed by atoms with E-state index < -0.39 is 109 Å². The summed E-state index contributed by atoms with van der Waals surface area (Å²) in [6, 6.07) is -4.21. The van der Waals surface area contributed by atoms with E-state index in [1.807, 2.05) is 13.8 Å². The van der Waals surface area contributed by atoms with Gasteiger partial charge in [0.1, 0.15) is 30.7 Å². The minimum absolute atomic E-state index is 0.00603. The van der Waals surface area contributed by atoms with E-state index >= 15 is 0 Å². The van der Waals surface area contributed by atoms with Crippen molar-refractivity contribution in [2.45, 2.75) is 64.2 Å². The predicted molar refractivity (Wildman–Crippen MR) is 181 cm³/mol. The van der Waals surface area contributed by atoms with E-state index in [0.717, 1.165) is 0 Å². The molecule has 0 aromatic rings. The maximum atomic E-state index is 13.0. The van der Waals surface area contributed by atoms with Gasteiger partial charge in [-0.25, -0.2) is 0 Å². The molecule has 1 saturated heterocycles. The number of hydrogen-bond acceptors (Lipinski definition) is 12. The zero-order valence-corrected chi connectivity index (χ0v) is 29.6. The third-order valence-corrected chi connectivity index (χ3v) is 7.51. The van der Waals surface area contributed by atoms with Crippen LogP contribution >= 0.6 is 12.6 Å². The summed E-state index contributed by atoms with van der Waals surface area (Å²) in [5, 5.41) is 27.4. The molecule has 0 aromatic carbocycles. The summed E-state index contributed by atoms with van der Waals surface area (Å²) in [5.41, 5.74) is 5.20. The molecule has 9 amide bonds. The first-order chi connectivity index (χ1) is 24.0. The molecule has 0 bridgehead atoms. The van der Waals surface area contributed by atoms with Crippen molar-refractivity contribution in [3.8, 4) is 0 Å². The number of likely N-dealkylation sites (tertiary alicyclic amines) is 1. The van der Waals surface area contributed by atoms with Crippen molar-refractivity contribution < 1.29 is 53.1 Å². The molecule has 1 fully saturated rings. The Morgan fingerprint density at radius 3 is 1.80 bits per heavy atom. The fourth-order valence-corrected chi connectivity index (χ4v) is 4.84. The minimum atomic E-state index is -1.28. The molecule has 1 heterocycles. The Morgan fingerprint density at radius 2 is 1.24 bits per heavy atom. The molecule has 1 aliphatic rings. The standard InChI is InChI=1S/C29H48N10O11S/c1-15(2)7-17(37-22(42)10-31-20(40)8-30)27(48)34-12-24(44)39-6-4-5-19(39)29(50)36-16(3)26(47)33-9-21(41)32-11-23(43)38-18(14-51)28(49)35-13-25(45)46/h15-19,51H,4-14,30H2,1-3H3,(H,31,40)(H,32,41)(H,33,47)(H,34,48)(H,35,49)(H,36,50)(H,37,42)(H,38,43)(H,45,46)/t16-,17-,18-,19-/m0/s1. The Morgan fingerprint density at radius 1 is 0.706 bits per heavy atom. The summed E-state index contributed by atoms with van der Waals surface area (Å²) in [6.45, 7) is 2.30. The molecule has 0 aromatic heterocycles. The molecule has 286 valence electrons. The zero-order valence-electron chi connectivity index (χ0n) is 28.7. The van der Waals surface area contributed by atoms with Crippen molar-refractivity contribution in [3.63, 3.8) is 0 Å². The Bertz CT molecular complexity index is 1320. The maximum Gasteiger partial charge on any atom is 0.322 e. The molecule has 4 atom stereocenters. The van der Waals surface area contributed by atoms with Crippen LogP contribution in [0.15, 0.2) is 0 Å². The first-order valence-corrected chi connectivity index (χ1v) is 16.7. The van der Waals surface area contributed by atoms with Gasteiger partial charge in [-0.3, -0.25) is 47.9 Å². The van der Waals surface area contributed by atoms with Gasteiger partial charge in [-0.1, -0.05) is 13.8 Å². The molecule has 51 heavy (non-hydrogen) atoms. The number of carboxylic acid groups (broad SMARTS) is 1. The van der Waals surface area contributed by atoms with E-state index in [4.69, 9.17) is 10.8 Å². The number of carbonyl (C=O) groups is 10. The second kappa shape index (κ2) is 22.7. The van der Waals surface area contributed by atoms with Gasteiger partial charge in [-0.15, -0.1) is 0 Å². The lowest BCUT2D eigenvalue weighted by Gasteiger charge is -2.26. The highest BCUT2D eigenvalue weighted by atomic mass is 32.1. The molecule has 1 aliphatic heterocycles. The smallest absolute Gasteiger partial charge is 0.322 e. The SMILES string of the molecule is CC(C)C[C@H](NC(=O)CNC(=O)CN)C(=O)NCC(=O)N1CCC[C@H]1C(=O)N[C@@H](C)C(=O)NCC(=O)NCC(=O)N[C@@H](CS)C(=O)NCC(=O)O. The highest BCUT2D eigenvalue weighted by Crippen LogP contribution is 2.17. The van der Waals surface area contributed by atoms with Crippen molar-refractivity contribution >= 4 is 71.8 Å². The molecule has 22 heteroatoms. The molecule has 11 N–H and O–H groups in total. The molecule has 21 nitrogen and oxygen atoms in total. The van der Waals surface area contributed by atoms with E-state index in [-0.39, 0.29) is 37.7 Å². The normalized spacial score (nSPS) is 15.3. The molecular weight excluding hydrogens is 696 g/mol. The molecule has 1 rings (SSSR count). The first kappa shape index (κ1) is 44.0. The summed E-state index contributed by atoms with van der Waals surface area (Å²) in [4.78, 5) is 123. The number of hydrogen-bond donors (Lipinski definition) is 11. The molecule has 0 unspecified atom stereocenters. The fraction of sp³-hybridized carbons (Fsp3) is 0.655. The van der Waals surface area contributed by atoms with Gasteiger partial charge < -0.3 is 58.3 Å². The number of nitrogens with zero attached hydrogens (tertiary/aromatic N) is 1. The van der Waals surface area contributed by atoms with E-state index in [9.17, 15) is 47.9 Å². The number of thiol groups is 1. The average Bonchev–Trinajstić information content (AvgIpc) is 3.58. The number of aliphatic carboxylic acids is 1. The maximum absolute atomic E-state index is 13.0. The van der Waals surface area contributed by atoms with Crippen LogP contribution in [0.2, 0.25) is 0 Å². The Labute approximate surface area is 299 Å². The van der Waals surface area contributed by atoms with Gasteiger partial charge in [-0.2, -0.15) is 12.6 Å². The lowest BCUT2D eigenvalue weighted by Crippen LogP contribution is -2.55. The molecule has 0 spiro atoms. The van der Waals surface area contributed by atoms with Gasteiger partial charge in [0.15, 0.2) is 0 Å². The third-order valence-electron chi connectivity index (χ3n) is 7.15. The average molecular weight is 745 g/mol. The van der Waals surface area contributed by atoms with Gasteiger partial charge in [0, 0.05) is 12.3 Å². The van der Waals surface area contributed by atoms with Crippen molar-refractivity contribution in [1.29, 1.82) is 0 Å². The van der Waals surface area contributed by atoms with Crippen molar-refractivity contribution in [2.24, 2.45) is 11.7 Å². The minimum Gasteiger partial charge on any atom is -0.480 e. The van der Waals surface area contributed by atoms with Crippen molar-refractivity contribution in [3.05, 3.63) is 0 Å². The lowest BCUT2D eigenvalue weighted by atomic mass is 10.0. The largest absolute Gasteiger partial charge is 0.480 e. The lowest BCUT2D eigenvalue weighted by molar-refractivity contribution is -0.140. The monoisotopic (exact) mass is 744 g/mol. The Hall–Kier alpha value is -4.99. The number of nitrogens with two attached hydrogens (primary N) is 1. The van der Waals surface area contributed by atoms with Crippen LogP contribution in [-0.2, 0) is 47.9 Å². The molecule has 0 radical (unpaired) electrons. The van der Waals surface area contributed by atoms with Crippen LogP contribution in [0.5, 0.6) is 0 Å². The zero-order chi connectivity index (χ0) is 38.7. The molecular formula is C29H48N10O11S. The highest BCUT2D eigenvalue weighted by molar-refractivity contribution is 7.80. The van der Waals surface area contributed by atoms with Crippen LogP contribution in [0.25, 0.3) is 0 Å². The van der Waals surface area contributed by atoms with Crippen molar-refractivity contribution in [1.82, 2.24) is 47.4 Å². The van der Waals surface area contributed by atoms with Crippen LogP contribution in [0.3, 0.4) is 0 Å². The second-order valence-corrected chi connectivity index (χ2v) is 12.2.